The lowest BCUT2D eigenvalue weighted by molar-refractivity contribution is 0.444. The highest BCUT2D eigenvalue weighted by Gasteiger charge is 2.21. The van der Waals surface area contributed by atoms with Crippen LogP contribution in [-0.2, 0) is 16.6 Å². The molecular formula is C13H26N4O2S. The van der Waals surface area contributed by atoms with Crippen LogP contribution in [0.2, 0.25) is 0 Å². The highest BCUT2D eigenvalue weighted by molar-refractivity contribution is 7.89. The standard InChI is InChI=1S/C13H26N4O2S/c1-4-7-8-11(5-2)9-15-20(18,19)12-10-17(6-3)16-13(12)14/h10-11,15H,4-9H2,1-3H3,(H2,14,16). The third-order valence-corrected chi connectivity index (χ3v) is 4.91. The van der Waals surface area contributed by atoms with E-state index in [2.05, 4.69) is 23.7 Å². The summed E-state index contributed by atoms with van der Waals surface area (Å²) < 4.78 is 28.6. The number of nitrogens with two attached hydrogens (primary N) is 1. The number of rotatable bonds is 9. The van der Waals surface area contributed by atoms with Gasteiger partial charge in [-0.1, -0.05) is 33.1 Å². The molecule has 0 aliphatic heterocycles. The van der Waals surface area contributed by atoms with Crippen LogP contribution >= 0.6 is 0 Å². The minimum Gasteiger partial charge on any atom is -0.381 e. The Bertz CT molecular complexity index is 510. The Hall–Kier alpha value is -1.08. The van der Waals surface area contributed by atoms with Crippen LogP contribution in [-0.4, -0.2) is 24.7 Å². The Kier molecular flexibility index (Phi) is 6.48. The molecule has 1 unspecified atom stereocenters. The van der Waals surface area contributed by atoms with E-state index in [0.29, 0.717) is 19.0 Å². The Balaban J connectivity index is 2.71. The molecule has 0 saturated heterocycles. The van der Waals surface area contributed by atoms with E-state index in [1.165, 1.54) is 10.9 Å². The summed E-state index contributed by atoms with van der Waals surface area (Å²) in [5.74, 6) is 0.424. The molecule has 0 aromatic carbocycles. The molecule has 6 nitrogen and oxygen atoms in total. The van der Waals surface area contributed by atoms with Crippen molar-refractivity contribution in [3.05, 3.63) is 6.20 Å². The zero-order valence-electron chi connectivity index (χ0n) is 12.6. The highest BCUT2D eigenvalue weighted by Crippen LogP contribution is 2.17. The number of hydrogen-bond acceptors (Lipinski definition) is 4. The molecule has 116 valence electrons. The van der Waals surface area contributed by atoms with E-state index >= 15 is 0 Å². The predicted molar refractivity (Wildman–Crippen MR) is 80.8 cm³/mol. The third kappa shape index (κ3) is 4.49. The van der Waals surface area contributed by atoms with E-state index < -0.39 is 10.0 Å². The van der Waals surface area contributed by atoms with E-state index in [4.69, 9.17) is 5.73 Å². The van der Waals surface area contributed by atoms with Crippen LogP contribution in [0.3, 0.4) is 0 Å². The quantitative estimate of drug-likeness (QED) is 0.730. The van der Waals surface area contributed by atoms with Gasteiger partial charge in [0.1, 0.15) is 4.90 Å². The number of aryl methyl sites for hydroxylation is 1. The topological polar surface area (TPSA) is 90.0 Å². The maximum Gasteiger partial charge on any atom is 0.245 e. The lowest BCUT2D eigenvalue weighted by Gasteiger charge is -2.15. The molecule has 0 bridgehead atoms. The van der Waals surface area contributed by atoms with Gasteiger partial charge in [-0.15, -0.1) is 0 Å². The molecule has 1 rings (SSSR count). The van der Waals surface area contributed by atoms with Crippen LogP contribution in [0.25, 0.3) is 0 Å². The van der Waals surface area contributed by atoms with E-state index in [1.54, 1.807) is 0 Å². The fourth-order valence-corrected chi connectivity index (χ4v) is 3.22. The Labute approximate surface area is 121 Å². The average Bonchev–Trinajstić information content (AvgIpc) is 2.81. The number of nitrogen functional groups attached to an aromatic ring is 1. The molecule has 20 heavy (non-hydrogen) atoms. The largest absolute Gasteiger partial charge is 0.381 e. The van der Waals surface area contributed by atoms with Crippen molar-refractivity contribution >= 4 is 15.8 Å². The van der Waals surface area contributed by atoms with Gasteiger partial charge >= 0.3 is 0 Å². The minimum absolute atomic E-state index is 0.0564. The molecule has 0 aliphatic carbocycles. The molecular weight excluding hydrogens is 276 g/mol. The van der Waals surface area contributed by atoms with E-state index in [9.17, 15) is 8.42 Å². The van der Waals surface area contributed by atoms with Gasteiger partial charge < -0.3 is 5.73 Å². The number of unbranched alkanes of at least 4 members (excludes halogenated alkanes) is 1. The summed E-state index contributed by atoms with van der Waals surface area (Å²) in [6.45, 7) is 7.15. The van der Waals surface area contributed by atoms with Crippen LogP contribution in [0.4, 0.5) is 5.82 Å². The fourth-order valence-electron chi connectivity index (χ4n) is 2.04. The first kappa shape index (κ1) is 17.0. The molecule has 7 heteroatoms. The number of anilines is 1. The predicted octanol–water partition coefficient (Wildman–Crippen LogP) is 1.98. The van der Waals surface area contributed by atoms with Crippen molar-refractivity contribution in [3.8, 4) is 0 Å². The lowest BCUT2D eigenvalue weighted by Crippen LogP contribution is -2.29. The van der Waals surface area contributed by atoms with Crippen LogP contribution in [0.1, 0.15) is 46.5 Å². The molecule has 0 aliphatic rings. The van der Waals surface area contributed by atoms with Crippen molar-refractivity contribution < 1.29 is 8.42 Å². The zero-order chi connectivity index (χ0) is 15.2. The molecule has 0 saturated carbocycles. The van der Waals surface area contributed by atoms with Gasteiger partial charge in [-0.3, -0.25) is 4.68 Å². The van der Waals surface area contributed by atoms with E-state index in [0.717, 1.165) is 25.7 Å². The van der Waals surface area contributed by atoms with Gasteiger partial charge in [0.25, 0.3) is 0 Å². The molecule has 3 N–H and O–H groups in total. The van der Waals surface area contributed by atoms with Crippen molar-refractivity contribution in [1.82, 2.24) is 14.5 Å². The van der Waals surface area contributed by atoms with Gasteiger partial charge in [0.15, 0.2) is 5.82 Å². The lowest BCUT2D eigenvalue weighted by atomic mass is 10.00. The second-order valence-corrected chi connectivity index (χ2v) is 6.74. The molecule has 0 fully saturated rings. The molecule has 1 aromatic rings. The third-order valence-electron chi connectivity index (χ3n) is 3.47. The summed E-state index contributed by atoms with van der Waals surface area (Å²) in [5.41, 5.74) is 5.67. The average molecular weight is 302 g/mol. The van der Waals surface area contributed by atoms with Gasteiger partial charge in [0.2, 0.25) is 10.0 Å². The van der Waals surface area contributed by atoms with Gasteiger partial charge in [0, 0.05) is 19.3 Å². The maximum atomic E-state index is 12.2. The number of nitrogens with one attached hydrogen (secondary N) is 1. The molecule has 0 radical (unpaired) electrons. The van der Waals surface area contributed by atoms with Crippen molar-refractivity contribution in [3.63, 3.8) is 0 Å². The minimum atomic E-state index is -3.57. The maximum absolute atomic E-state index is 12.2. The summed E-state index contributed by atoms with van der Waals surface area (Å²) in [7, 11) is -3.57. The zero-order valence-corrected chi connectivity index (χ0v) is 13.4. The van der Waals surface area contributed by atoms with E-state index in [-0.39, 0.29) is 10.7 Å². The van der Waals surface area contributed by atoms with Gasteiger partial charge in [-0.2, -0.15) is 5.10 Å². The smallest absolute Gasteiger partial charge is 0.245 e. The van der Waals surface area contributed by atoms with Crippen molar-refractivity contribution in [2.75, 3.05) is 12.3 Å². The summed E-state index contributed by atoms with van der Waals surface area (Å²) in [6.07, 6.45) is 5.73. The number of hydrogen-bond donors (Lipinski definition) is 2. The second kappa shape index (κ2) is 7.64. The van der Waals surface area contributed by atoms with Crippen molar-refractivity contribution in [2.45, 2.75) is 57.9 Å². The fraction of sp³-hybridized carbons (Fsp3) is 0.769. The first-order valence-electron chi connectivity index (χ1n) is 7.27. The summed E-state index contributed by atoms with van der Waals surface area (Å²) in [4.78, 5) is 0.0738. The molecule has 0 spiro atoms. The van der Waals surface area contributed by atoms with Gasteiger partial charge in [0.05, 0.1) is 0 Å². The van der Waals surface area contributed by atoms with Crippen LogP contribution in [0, 0.1) is 5.92 Å². The van der Waals surface area contributed by atoms with Crippen LogP contribution < -0.4 is 10.5 Å². The van der Waals surface area contributed by atoms with E-state index in [1.807, 2.05) is 6.92 Å². The second-order valence-electron chi connectivity index (χ2n) is 5.00. The number of aromatic nitrogens is 2. The normalized spacial score (nSPS) is 13.6. The Morgan fingerprint density at radius 1 is 1.40 bits per heavy atom. The summed E-state index contributed by atoms with van der Waals surface area (Å²) >= 11 is 0. The SMILES string of the molecule is CCCCC(CC)CNS(=O)(=O)c1cn(CC)nc1N. The molecule has 0 amide bonds. The van der Waals surface area contributed by atoms with Crippen LogP contribution in [0.15, 0.2) is 11.1 Å². The van der Waals surface area contributed by atoms with Crippen molar-refractivity contribution in [1.29, 1.82) is 0 Å². The number of sulfonamides is 1. The first-order valence-corrected chi connectivity index (χ1v) is 8.75. The van der Waals surface area contributed by atoms with Crippen molar-refractivity contribution in [2.24, 2.45) is 5.92 Å². The van der Waals surface area contributed by atoms with Gasteiger partial charge in [-0.25, -0.2) is 13.1 Å². The summed E-state index contributed by atoms with van der Waals surface area (Å²) in [5, 5.41) is 3.97. The monoisotopic (exact) mass is 302 g/mol. The van der Waals surface area contributed by atoms with Crippen LogP contribution in [0.5, 0.6) is 0 Å². The van der Waals surface area contributed by atoms with Gasteiger partial charge in [-0.05, 0) is 19.3 Å². The first-order chi connectivity index (χ1) is 9.44. The number of nitrogens with zero attached hydrogens (tertiary/aromatic N) is 2. The molecule has 1 heterocycles. The summed E-state index contributed by atoms with van der Waals surface area (Å²) in [6, 6.07) is 0. The highest BCUT2D eigenvalue weighted by atomic mass is 32.2. The molecule has 1 atom stereocenters. The Morgan fingerprint density at radius 2 is 2.10 bits per heavy atom. The molecule has 1 aromatic heterocycles. The Morgan fingerprint density at radius 3 is 2.60 bits per heavy atom.